The fraction of sp³-hybridized carbons (Fsp3) is 0.471. The number of halogens is 3. The van der Waals surface area contributed by atoms with Crippen LogP contribution in [0.4, 0.5) is 13.2 Å². The minimum Gasteiger partial charge on any atom is -0.497 e. The van der Waals surface area contributed by atoms with Crippen LogP contribution < -0.4 is 10.5 Å². The van der Waals surface area contributed by atoms with Crippen LogP contribution in [0.25, 0.3) is 0 Å². The summed E-state index contributed by atoms with van der Waals surface area (Å²) in [5, 5.41) is 0. The quantitative estimate of drug-likeness (QED) is 0.320. The molecule has 2 amide bonds. The Hall–Kier alpha value is -3.88. The maximum atomic E-state index is 13.4. The van der Waals surface area contributed by atoms with Gasteiger partial charge in [-0.25, -0.2) is 8.42 Å². The minimum atomic E-state index is -4.86. The first-order valence-corrected chi connectivity index (χ1v) is 17.2. The van der Waals surface area contributed by atoms with Crippen molar-refractivity contribution in [1.82, 2.24) is 14.1 Å². The maximum Gasteiger partial charge on any atom is 0.470 e. The molecule has 2 saturated heterocycles. The lowest BCUT2D eigenvalue weighted by atomic mass is 9.90. The van der Waals surface area contributed by atoms with Gasteiger partial charge in [0.15, 0.2) is 0 Å². The Morgan fingerprint density at radius 3 is 2.19 bits per heavy atom. The van der Waals surface area contributed by atoms with Gasteiger partial charge in [0.05, 0.1) is 24.1 Å². The Balaban J connectivity index is 0.000000671. The van der Waals surface area contributed by atoms with Crippen LogP contribution in [0.15, 0.2) is 58.0 Å². The Morgan fingerprint density at radius 1 is 1.02 bits per heavy atom. The second kappa shape index (κ2) is 15.6. The van der Waals surface area contributed by atoms with Gasteiger partial charge in [-0.15, -0.1) is 0 Å². The Bertz CT molecular complexity index is 1660. The van der Waals surface area contributed by atoms with Crippen molar-refractivity contribution in [3.63, 3.8) is 0 Å². The van der Waals surface area contributed by atoms with E-state index in [9.17, 15) is 26.4 Å². The van der Waals surface area contributed by atoms with E-state index in [1.54, 1.807) is 39.2 Å². The smallest absolute Gasteiger partial charge is 0.470 e. The molecule has 2 fully saturated rings. The number of nitrogens with zero attached hydrogens (tertiary/aromatic N) is 3. The summed E-state index contributed by atoms with van der Waals surface area (Å²) < 4.78 is 71.1. The van der Waals surface area contributed by atoms with Gasteiger partial charge in [-0.05, 0) is 93.1 Å². The number of nitrogens with two attached hydrogens (primary N) is 1. The molecule has 0 bridgehead atoms. The minimum absolute atomic E-state index is 0.0208. The zero-order valence-electron chi connectivity index (χ0n) is 27.7. The van der Waals surface area contributed by atoms with Gasteiger partial charge in [-0.1, -0.05) is 24.3 Å². The summed E-state index contributed by atoms with van der Waals surface area (Å²) in [6.45, 7) is 8.28. The van der Waals surface area contributed by atoms with E-state index >= 15 is 0 Å². The number of benzene rings is 2. The summed E-state index contributed by atoms with van der Waals surface area (Å²) in [6.07, 6.45) is 1.16. The largest absolute Gasteiger partial charge is 0.497 e. The Kier molecular flexibility index (Phi) is 12.0. The molecule has 2 aliphatic rings. The van der Waals surface area contributed by atoms with Crippen molar-refractivity contribution < 1.29 is 40.3 Å². The van der Waals surface area contributed by atoms with E-state index in [4.69, 9.17) is 13.9 Å². The van der Waals surface area contributed by atoms with Crippen LogP contribution in [0.3, 0.4) is 0 Å². The van der Waals surface area contributed by atoms with E-state index in [0.29, 0.717) is 47.2 Å². The first-order valence-electron chi connectivity index (χ1n) is 15.8. The van der Waals surface area contributed by atoms with Crippen molar-refractivity contribution in [2.24, 2.45) is 5.73 Å². The third-order valence-electron chi connectivity index (χ3n) is 8.66. The van der Waals surface area contributed by atoms with Crippen molar-refractivity contribution in [1.29, 1.82) is 0 Å². The van der Waals surface area contributed by atoms with Crippen molar-refractivity contribution in [2.45, 2.75) is 69.6 Å². The van der Waals surface area contributed by atoms with E-state index in [1.807, 2.05) is 4.90 Å². The second-order valence-corrected chi connectivity index (χ2v) is 14.3. The summed E-state index contributed by atoms with van der Waals surface area (Å²) in [5.41, 5.74) is 8.10. The molecule has 0 saturated carbocycles. The van der Waals surface area contributed by atoms with Gasteiger partial charge in [0.25, 0.3) is 5.91 Å². The SMILES string of the molecule is COc1cc(C)c(S(=O)(=O)N(C)Cc2cc(C(=O)N3CCCC(c4ccc(CN5CCCC5)cc4)C3)co2)c(C)c1.NC(=O)C(F)(F)F. The Morgan fingerprint density at radius 2 is 1.62 bits per heavy atom. The molecule has 1 atom stereocenters. The van der Waals surface area contributed by atoms with Crippen LogP contribution in [0.5, 0.6) is 5.75 Å². The zero-order valence-corrected chi connectivity index (χ0v) is 28.5. The molecule has 2 aliphatic heterocycles. The number of primary amides is 1. The van der Waals surface area contributed by atoms with Gasteiger partial charge >= 0.3 is 12.1 Å². The number of piperidine rings is 1. The summed E-state index contributed by atoms with van der Waals surface area (Å²) in [4.78, 5) is 27.2. The maximum absolute atomic E-state index is 13.4. The molecule has 0 radical (unpaired) electrons. The molecular weight excluding hydrogens is 649 g/mol. The van der Waals surface area contributed by atoms with Crippen LogP contribution in [-0.2, 0) is 27.9 Å². The van der Waals surface area contributed by atoms with E-state index < -0.39 is 22.1 Å². The molecule has 10 nitrogen and oxygen atoms in total. The second-order valence-electron chi connectivity index (χ2n) is 12.3. The first kappa shape index (κ1) is 36.9. The Labute approximate surface area is 279 Å². The molecule has 14 heteroatoms. The van der Waals surface area contributed by atoms with E-state index in [1.165, 1.54) is 54.7 Å². The zero-order chi connectivity index (χ0) is 35.2. The predicted octanol–water partition coefficient (Wildman–Crippen LogP) is 5.38. The number of hydrogen-bond acceptors (Lipinski definition) is 7. The van der Waals surface area contributed by atoms with Crippen molar-refractivity contribution in [3.8, 4) is 5.75 Å². The summed E-state index contributed by atoms with van der Waals surface area (Å²) >= 11 is 0. The number of hydrogen-bond donors (Lipinski definition) is 1. The van der Waals surface area contributed by atoms with E-state index in [2.05, 4.69) is 34.9 Å². The molecule has 3 heterocycles. The first-order chi connectivity index (χ1) is 22.6. The average Bonchev–Trinajstić information content (AvgIpc) is 3.73. The highest BCUT2D eigenvalue weighted by molar-refractivity contribution is 7.89. The van der Waals surface area contributed by atoms with E-state index in [0.717, 1.165) is 19.4 Å². The molecule has 1 aromatic heterocycles. The molecular formula is C34H43F3N4O6S. The number of furan rings is 1. The number of sulfonamides is 1. The van der Waals surface area contributed by atoms with Crippen LogP contribution in [0.2, 0.25) is 0 Å². The average molecular weight is 693 g/mol. The van der Waals surface area contributed by atoms with Gasteiger partial charge < -0.3 is 19.8 Å². The van der Waals surface area contributed by atoms with Gasteiger partial charge in [-0.3, -0.25) is 14.5 Å². The number of aryl methyl sites for hydroxylation is 2. The number of carbonyl (C=O) groups excluding carboxylic acids is 2. The number of carbonyl (C=O) groups is 2. The van der Waals surface area contributed by atoms with E-state index in [-0.39, 0.29) is 17.3 Å². The van der Waals surface area contributed by atoms with Crippen molar-refractivity contribution in [2.75, 3.05) is 40.3 Å². The van der Waals surface area contributed by atoms with Crippen LogP contribution in [-0.4, -0.2) is 80.8 Å². The van der Waals surface area contributed by atoms with Crippen molar-refractivity contribution >= 4 is 21.8 Å². The fourth-order valence-corrected chi connectivity index (χ4v) is 7.72. The summed E-state index contributed by atoms with van der Waals surface area (Å²) in [7, 11) is -0.704. The third-order valence-corrected chi connectivity index (χ3v) is 10.8. The fourth-order valence-electron chi connectivity index (χ4n) is 6.18. The van der Waals surface area contributed by atoms with Crippen molar-refractivity contribution in [3.05, 3.63) is 82.3 Å². The van der Waals surface area contributed by atoms with Crippen LogP contribution >= 0.6 is 0 Å². The summed E-state index contributed by atoms with van der Waals surface area (Å²) in [6, 6.07) is 14.0. The van der Waals surface area contributed by atoms with Gasteiger partial charge in [-0.2, -0.15) is 17.5 Å². The molecule has 1 unspecified atom stereocenters. The third kappa shape index (κ3) is 9.17. The molecule has 2 aromatic carbocycles. The number of rotatable bonds is 9. The normalized spacial score (nSPS) is 17.2. The highest BCUT2D eigenvalue weighted by atomic mass is 32.2. The number of alkyl halides is 3. The number of ether oxygens (including phenoxy) is 1. The number of likely N-dealkylation sites (tertiary alicyclic amines) is 2. The summed E-state index contributed by atoms with van der Waals surface area (Å²) in [5.74, 6) is -1.00. The standard InChI is InChI=1S/C32H41N3O5S.C2H2F3NO/c1-23-16-29(39-4)17-24(2)31(23)41(37,38)33(3)21-30-18-28(22-40-30)32(36)35-15-7-8-27(20-35)26-11-9-25(10-12-26)19-34-13-5-6-14-34;3-2(4,5)1(6)7/h9-12,16-18,22,27H,5-8,13-15,19-21H2,1-4H3;(H2,6,7). The van der Waals surface area contributed by atoms with Gasteiger partial charge in [0.2, 0.25) is 10.0 Å². The van der Waals surface area contributed by atoms with Crippen LogP contribution in [0.1, 0.15) is 70.0 Å². The number of methoxy groups -OCH3 is 1. The highest BCUT2D eigenvalue weighted by Gasteiger charge is 2.35. The van der Waals surface area contributed by atoms with Crippen LogP contribution in [0, 0.1) is 13.8 Å². The lowest BCUT2D eigenvalue weighted by molar-refractivity contribution is -0.169. The lowest BCUT2D eigenvalue weighted by Crippen LogP contribution is -2.39. The molecule has 0 aliphatic carbocycles. The molecule has 2 N–H and O–H groups in total. The van der Waals surface area contributed by atoms with Gasteiger partial charge in [0.1, 0.15) is 17.8 Å². The lowest BCUT2D eigenvalue weighted by Gasteiger charge is -2.33. The molecule has 5 rings (SSSR count). The molecule has 3 aromatic rings. The number of amides is 2. The molecule has 0 spiro atoms. The monoisotopic (exact) mass is 692 g/mol. The van der Waals surface area contributed by atoms with Gasteiger partial charge in [0, 0.05) is 32.6 Å². The highest BCUT2D eigenvalue weighted by Crippen LogP contribution is 2.30. The predicted molar refractivity (Wildman–Crippen MR) is 174 cm³/mol. The topological polar surface area (TPSA) is 126 Å². The molecule has 48 heavy (non-hydrogen) atoms. The molecule has 262 valence electrons.